The predicted octanol–water partition coefficient (Wildman–Crippen LogP) is 1.80. The molecule has 24 heavy (non-hydrogen) atoms. The molecule has 1 aliphatic heterocycles. The van der Waals surface area contributed by atoms with Gasteiger partial charge in [-0.25, -0.2) is 18.1 Å². The molecule has 0 radical (unpaired) electrons. The van der Waals surface area contributed by atoms with Crippen molar-refractivity contribution in [1.29, 1.82) is 0 Å². The molecule has 7 nitrogen and oxygen atoms in total. The van der Waals surface area contributed by atoms with E-state index in [0.29, 0.717) is 16.8 Å². The monoisotopic (exact) mass is 343 g/mol. The number of amides is 1. The van der Waals surface area contributed by atoms with Crippen molar-refractivity contribution in [2.45, 2.75) is 17.9 Å². The molecule has 1 aliphatic rings. The van der Waals surface area contributed by atoms with E-state index in [1.54, 1.807) is 24.3 Å². The number of carbonyl (C=O) groups excluding carboxylic acids is 1. The molecule has 0 bridgehead atoms. The van der Waals surface area contributed by atoms with Crippen LogP contribution in [0.3, 0.4) is 0 Å². The van der Waals surface area contributed by atoms with Gasteiger partial charge in [-0.1, -0.05) is 6.07 Å². The van der Waals surface area contributed by atoms with Crippen molar-refractivity contribution in [2.24, 2.45) is 0 Å². The van der Waals surface area contributed by atoms with Gasteiger partial charge in [-0.05, 0) is 41.5 Å². The van der Waals surface area contributed by atoms with Crippen LogP contribution in [0.25, 0.3) is 11.1 Å². The lowest BCUT2D eigenvalue weighted by Gasteiger charge is -2.08. The first-order valence-electron chi connectivity index (χ1n) is 7.26. The van der Waals surface area contributed by atoms with Crippen LogP contribution in [0.5, 0.6) is 0 Å². The molecule has 4 rings (SSSR count). The van der Waals surface area contributed by atoms with Crippen LogP contribution in [0.2, 0.25) is 0 Å². The van der Waals surface area contributed by atoms with Crippen LogP contribution in [0.4, 0.5) is 5.69 Å². The quantitative estimate of drug-likeness (QED) is 0.752. The van der Waals surface area contributed by atoms with E-state index in [9.17, 15) is 13.2 Å². The SMILES string of the molecule is O=C1Cc2cc(S(=O)(=O)NCc3ccc4ncoc4c3)ccc2N1. The van der Waals surface area contributed by atoms with E-state index in [2.05, 4.69) is 15.0 Å². The Morgan fingerprint density at radius 1 is 1.21 bits per heavy atom. The highest BCUT2D eigenvalue weighted by molar-refractivity contribution is 7.89. The normalized spacial score (nSPS) is 13.9. The Bertz CT molecular complexity index is 1060. The van der Waals surface area contributed by atoms with Crippen LogP contribution < -0.4 is 10.0 Å². The Hall–Kier alpha value is -2.71. The number of hydrogen-bond acceptors (Lipinski definition) is 5. The average Bonchev–Trinajstić information content (AvgIpc) is 3.16. The zero-order valence-electron chi connectivity index (χ0n) is 12.4. The first kappa shape index (κ1) is 14.9. The number of nitrogens with zero attached hydrogens (tertiary/aromatic N) is 1. The van der Waals surface area contributed by atoms with E-state index in [4.69, 9.17) is 4.42 Å². The number of sulfonamides is 1. The molecule has 3 aromatic rings. The van der Waals surface area contributed by atoms with Gasteiger partial charge < -0.3 is 9.73 Å². The number of aromatic nitrogens is 1. The lowest BCUT2D eigenvalue weighted by Crippen LogP contribution is -2.23. The molecule has 0 atom stereocenters. The first-order valence-corrected chi connectivity index (χ1v) is 8.74. The van der Waals surface area contributed by atoms with Crippen molar-refractivity contribution >= 4 is 32.7 Å². The average molecular weight is 343 g/mol. The summed E-state index contributed by atoms with van der Waals surface area (Å²) in [4.78, 5) is 15.5. The number of carbonyl (C=O) groups is 1. The lowest BCUT2D eigenvalue weighted by atomic mass is 10.2. The molecule has 0 fully saturated rings. The van der Waals surface area contributed by atoms with Gasteiger partial charge in [-0.3, -0.25) is 4.79 Å². The molecular formula is C16H13N3O4S. The number of oxazole rings is 1. The number of hydrogen-bond donors (Lipinski definition) is 2. The zero-order valence-corrected chi connectivity index (χ0v) is 13.3. The largest absolute Gasteiger partial charge is 0.443 e. The van der Waals surface area contributed by atoms with Gasteiger partial charge in [0.25, 0.3) is 0 Å². The fourth-order valence-corrected chi connectivity index (χ4v) is 3.71. The van der Waals surface area contributed by atoms with E-state index in [1.807, 2.05) is 0 Å². The molecule has 8 heteroatoms. The lowest BCUT2D eigenvalue weighted by molar-refractivity contribution is -0.115. The third-order valence-electron chi connectivity index (χ3n) is 3.87. The number of rotatable bonds is 4. The molecule has 0 unspecified atom stereocenters. The van der Waals surface area contributed by atoms with Crippen molar-refractivity contribution in [1.82, 2.24) is 9.71 Å². The summed E-state index contributed by atoms with van der Waals surface area (Å²) in [5, 5.41) is 2.68. The highest BCUT2D eigenvalue weighted by Crippen LogP contribution is 2.25. The summed E-state index contributed by atoms with van der Waals surface area (Å²) < 4.78 is 32.7. The number of nitrogens with one attached hydrogen (secondary N) is 2. The van der Waals surface area contributed by atoms with E-state index >= 15 is 0 Å². The third kappa shape index (κ3) is 2.66. The van der Waals surface area contributed by atoms with Crippen LogP contribution in [-0.2, 0) is 27.8 Å². The van der Waals surface area contributed by atoms with Crippen molar-refractivity contribution in [3.63, 3.8) is 0 Å². The van der Waals surface area contributed by atoms with E-state index in [0.717, 1.165) is 11.1 Å². The zero-order chi connectivity index (χ0) is 16.7. The summed E-state index contributed by atoms with van der Waals surface area (Å²) in [6.45, 7) is 0.132. The minimum atomic E-state index is -3.67. The van der Waals surface area contributed by atoms with Crippen LogP contribution in [0, 0.1) is 0 Å². The van der Waals surface area contributed by atoms with Gasteiger partial charge in [0, 0.05) is 12.2 Å². The number of benzene rings is 2. The standard InChI is InChI=1S/C16H13N3O4S/c20-16-7-11-6-12(2-4-13(11)19-16)24(21,22)18-8-10-1-3-14-15(5-10)23-9-17-14/h1-6,9,18H,7-8H2,(H,19,20). The molecule has 0 saturated heterocycles. The second kappa shape index (κ2) is 5.43. The Labute approximate surface area is 137 Å². The molecule has 2 heterocycles. The predicted molar refractivity (Wildman–Crippen MR) is 86.8 cm³/mol. The van der Waals surface area contributed by atoms with Crippen LogP contribution in [0.1, 0.15) is 11.1 Å². The maximum atomic E-state index is 12.4. The molecule has 1 aromatic heterocycles. The van der Waals surface area contributed by atoms with Crippen LogP contribution in [-0.4, -0.2) is 19.3 Å². The summed E-state index contributed by atoms with van der Waals surface area (Å²) in [6.07, 6.45) is 1.54. The summed E-state index contributed by atoms with van der Waals surface area (Å²) in [7, 11) is -3.67. The molecular weight excluding hydrogens is 330 g/mol. The fraction of sp³-hybridized carbons (Fsp3) is 0.125. The van der Waals surface area contributed by atoms with E-state index in [1.165, 1.54) is 18.5 Å². The Kier molecular flexibility index (Phi) is 3.36. The van der Waals surface area contributed by atoms with Gasteiger partial charge in [-0.2, -0.15) is 0 Å². The fourth-order valence-electron chi connectivity index (χ4n) is 2.64. The van der Waals surface area contributed by atoms with Gasteiger partial charge in [0.15, 0.2) is 12.0 Å². The molecule has 0 aliphatic carbocycles. The summed E-state index contributed by atoms with van der Waals surface area (Å²) in [5.74, 6) is -0.132. The Morgan fingerprint density at radius 3 is 2.96 bits per heavy atom. The summed E-state index contributed by atoms with van der Waals surface area (Å²) in [5.41, 5.74) is 3.44. The minimum Gasteiger partial charge on any atom is -0.443 e. The van der Waals surface area contributed by atoms with Crippen molar-refractivity contribution in [2.75, 3.05) is 5.32 Å². The van der Waals surface area contributed by atoms with Crippen LogP contribution >= 0.6 is 0 Å². The van der Waals surface area contributed by atoms with Crippen LogP contribution in [0.15, 0.2) is 52.1 Å². The second-order valence-electron chi connectivity index (χ2n) is 5.52. The van der Waals surface area contributed by atoms with Crippen molar-refractivity contribution in [3.05, 3.63) is 53.9 Å². The topological polar surface area (TPSA) is 101 Å². The maximum absolute atomic E-state index is 12.4. The number of anilines is 1. The number of fused-ring (bicyclic) bond motifs is 2. The molecule has 0 spiro atoms. The first-order chi connectivity index (χ1) is 11.5. The Morgan fingerprint density at radius 2 is 2.08 bits per heavy atom. The smallest absolute Gasteiger partial charge is 0.240 e. The Balaban J connectivity index is 1.55. The van der Waals surface area contributed by atoms with Gasteiger partial charge in [0.2, 0.25) is 15.9 Å². The van der Waals surface area contributed by atoms with Crippen molar-refractivity contribution < 1.29 is 17.6 Å². The van der Waals surface area contributed by atoms with Gasteiger partial charge in [0.05, 0.1) is 11.3 Å². The van der Waals surface area contributed by atoms with Crippen molar-refractivity contribution in [3.8, 4) is 0 Å². The highest BCUT2D eigenvalue weighted by atomic mass is 32.2. The van der Waals surface area contributed by atoms with Gasteiger partial charge in [-0.15, -0.1) is 0 Å². The summed E-state index contributed by atoms with van der Waals surface area (Å²) >= 11 is 0. The maximum Gasteiger partial charge on any atom is 0.240 e. The molecule has 0 saturated carbocycles. The summed E-state index contributed by atoms with van der Waals surface area (Å²) in [6, 6.07) is 9.92. The molecule has 122 valence electrons. The van der Waals surface area contributed by atoms with Gasteiger partial charge >= 0.3 is 0 Å². The second-order valence-corrected chi connectivity index (χ2v) is 7.29. The molecule has 2 N–H and O–H groups in total. The molecule has 1 amide bonds. The third-order valence-corrected chi connectivity index (χ3v) is 5.27. The van der Waals surface area contributed by atoms with E-state index in [-0.39, 0.29) is 23.8 Å². The van der Waals surface area contributed by atoms with Gasteiger partial charge in [0.1, 0.15) is 5.52 Å². The minimum absolute atomic E-state index is 0.132. The highest BCUT2D eigenvalue weighted by Gasteiger charge is 2.21. The molecule has 2 aromatic carbocycles. The van der Waals surface area contributed by atoms with E-state index < -0.39 is 10.0 Å².